The van der Waals surface area contributed by atoms with Gasteiger partial charge < -0.3 is 33.6 Å². The van der Waals surface area contributed by atoms with Crippen molar-refractivity contribution in [1.29, 1.82) is 0 Å². The topological polar surface area (TPSA) is 177 Å². The Kier molecular flexibility index (Phi) is 11.0. The molecule has 44 heavy (non-hydrogen) atoms. The number of aromatic nitrogens is 8. The molecule has 2 aromatic carbocycles. The summed E-state index contributed by atoms with van der Waals surface area (Å²) < 4.78 is 3.64. The molecule has 0 aliphatic heterocycles. The van der Waals surface area contributed by atoms with Crippen LogP contribution in [0.3, 0.4) is 0 Å². The van der Waals surface area contributed by atoms with Crippen molar-refractivity contribution in [1.82, 2.24) is 39.5 Å². The molecule has 2 aliphatic rings. The second kappa shape index (κ2) is 14.7. The third-order valence-electron chi connectivity index (χ3n) is 6.97. The van der Waals surface area contributed by atoms with Crippen LogP contribution in [0.1, 0.15) is 65.6 Å². The van der Waals surface area contributed by atoms with E-state index in [1.54, 1.807) is 4.68 Å². The summed E-state index contributed by atoms with van der Waals surface area (Å²) in [6.07, 6.45) is 7.04. The molecule has 5 N–H and O–H groups in total. The number of carbonyl (C=O) groups excluding carboxylic acids is 1. The average molecular weight is 666 g/mol. The molecule has 0 saturated heterocycles. The number of halogens is 1. The number of nitrogens with zero attached hydrogens (tertiary/aromatic N) is 8. The number of rotatable bonds is 5. The average Bonchev–Trinajstić information content (AvgIpc) is 3.98. The summed E-state index contributed by atoms with van der Waals surface area (Å²) in [6, 6.07) is 22.7. The first-order valence-corrected chi connectivity index (χ1v) is 13.6. The molecule has 220 valence electrons. The Balaban J connectivity index is 0.000000168. The summed E-state index contributed by atoms with van der Waals surface area (Å²) in [5.41, 5.74) is 14.7. The number of hydrogen-bond donors (Lipinski definition) is 3. The first-order valence-electron chi connectivity index (χ1n) is 13.6. The Morgan fingerprint density at radius 2 is 1.32 bits per heavy atom. The quantitative estimate of drug-likeness (QED) is 0.133. The smallest absolute Gasteiger partial charge is 1.00 e. The standard InChI is InChI=1S/C15H15N5O.C9H9N5O.C6H5.BrH.Mg/c16-14-11-12(13(21)9-4-2-1-3-5-9)19-20(10-6-7-10)15(11)18-8-17-14;10-8-7-6(3-15)13-14(5-1-2-5)9(7)12-4-11-8;1-2-4-6-5-3-1;;/h1-5,8,10,13,21H,6-7H2,(H2,16,17,18);3-5H,1-2H2,(H2,10,11,12);1-5H;1H;/q;;-1;;+2/p-1. The number of carbonyl (C=O) groups is 1. The first-order chi connectivity index (χ1) is 20.6. The number of nitrogens with two attached hydrogens (primary N) is 2. The molecule has 1 unspecified atom stereocenters. The van der Waals surface area contributed by atoms with E-state index >= 15 is 0 Å². The molecule has 0 bridgehead atoms. The molecule has 4 aromatic heterocycles. The predicted molar refractivity (Wildman–Crippen MR) is 163 cm³/mol. The van der Waals surface area contributed by atoms with Crippen LogP contribution >= 0.6 is 0 Å². The summed E-state index contributed by atoms with van der Waals surface area (Å²) >= 11 is 0. The maximum atomic E-state index is 10.8. The Morgan fingerprint density at radius 3 is 1.82 bits per heavy atom. The zero-order valence-corrected chi connectivity index (χ0v) is 26.7. The molecule has 4 heterocycles. The van der Waals surface area contributed by atoms with Gasteiger partial charge in [0.15, 0.2) is 17.6 Å². The van der Waals surface area contributed by atoms with Crippen molar-refractivity contribution in [2.45, 2.75) is 43.9 Å². The maximum absolute atomic E-state index is 10.8. The SMILES string of the molecule is Nc1ncnc2c1c(C(O)c1ccccc1)nn2C1CC1.Nc1ncnc2c1c(C=O)nn2C1CC1.[Br-].[Mg+2].[c-]1ccccc1. The molecule has 0 radical (unpaired) electrons. The molecule has 2 fully saturated rings. The van der Waals surface area contributed by atoms with Gasteiger partial charge in [0.25, 0.3) is 0 Å². The van der Waals surface area contributed by atoms with E-state index in [1.165, 1.54) is 12.7 Å². The van der Waals surface area contributed by atoms with E-state index in [1.807, 2.05) is 65.3 Å². The zero-order valence-electron chi connectivity index (χ0n) is 23.7. The van der Waals surface area contributed by atoms with Gasteiger partial charge in [-0.2, -0.15) is 46.6 Å². The van der Waals surface area contributed by atoms with E-state index in [9.17, 15) is 9.90 Å². The van der Waals surface area contributed by atoms with Crippen LogP contribution in [-0.4, -0.2) is 73.9 Å². The number of aliphatic hydroxyl groups excluding tert-OH is 1. The number of nitrogen functional groups attached to an aromatic ring is 2. The minimum atomic E-state index is -0.831. The van der Waals surface area contributed by atoms with Crippen molar-refractivity contribution in [3.05, 3.63) is 96.3 Å². The minimum Gasteiger partial charge on any atom is -1.00 e. The van der Waals surface area contributed by atoms with Crippen LogP contribution in [0.2, 0.25) is 0 Å². The van der Waals surface area contributed by atoms with Gasteiger partial charge in [-0.05, 0) is 31.2 Å². The van der Waals surface area contributed by atoms with E-state index < -0.39 is 6.10 Å². The molecular formula is C30H29BrMgN10O2. The molecule has 2 saturated carbocycles. The van der Waals surface area contributed by atoms with Gasteiger partial charge in [-0.15, -0.1) is 0 Å². The predicted octanol–water partition coefficient (Wildman–Crippen LogP) is 0.491. The Hall–Kier alpha value is -3.98. The fraction of sp³-hybridized carbons (Fsp3) is 0.233. The Labute approximate surface area is 279 Å². The summed E-state index contributed by atoms with van der Waals surface area (Å²) in [6.45, 7) is 0. The fourth-order valence-corrected chi connectivity index (χ4v) is 4.60. The fourth-order valence-electron chi connectivity index (χ4n) is 4.60. The second-order valence-corrected chi connectivity index (χ2v) is 10.0. The largest absolute Gasteiger partial charge is 2.00 e. The maximum Gasteiger partial charge on any atom is 2.00 e. The van der Waals surface area contributed by atoms with Crippen LogP contribution in [0, 0.1) is 6.07 Å². The molecular weight excluding hydrogens is 637 g/mol. The molecule has 0 amide bonds. The van der Waals surface area contributed by atoms with Crippen molar-refractivity contribution >= 4 is 63.0 Å². The zero-order chi connectivity index (χ0) is 29.1. The van der Waals surface area contributed by atoms with Gasteiger partial charge in [-0.25, -0.2) is 29.3 Å². The van der Waals surface area contributed by atoms with Crippen molar-refractivity contribution in [3.8, 4) is 0 Å². The van der Waals surface area contributed by atoms with E-state index in [2.05, 4.69) is 36.2 Å². The summed E-state index contributed by atoms with van der Waals surface area (Å²) in [7, 11) is 0. The summed E-state index contributed by atoms with van der Waals surface area (Å²) in [5, 5.41) is 20.6. The molecule has 1 atom stereocenters. The number of aldehydes is 1. The Morgan fingerprint density at radius 1 is 0.795 bits per heavy atom. The van der Waals surface area contributed by atoms with Gasteiger partial charge in [0.2, 0.25) is 0 Å². The van der Waals surface area contributed by atoms with Crippen molar-refractivity contribution in [2.75, 3.05) is 11.5 Å². The minimum absolute atomic E-state index is 0. The van der Waals surface area contributed by atoms with Gasteiger partial charge >= 0.3 is 23.1 Å². The number of hydrogen-bond acceptors (Lipinski definition) is 10. The van der Waals surface area contributed by atoms with Crippen LogP contribution in [0.15, 0.2) is 73.3 Å². The van der Waals surface area contributed by atoms with Gasteiger partial charge in [0.1, 0.15) is 41.8 Å². The Bertz CT molecular complexity index is 1800. The second-order valence-electron chi connectivity index (χ2n) is 10.0. The van der Waals surface area contributed by atoms with Crippen LogP contribution in [0.25, 0.3) is 22.1 Å². The van der Waals surface area contributed by atoms with Crippen LogP contribution in [-0.2, 0) is 0 Å². The first kappa shape index (κ1) is 32.9. The normalized spacial score (nSPS) is 14.2. The van der Waals surface area contributed by atoms with Gasteiger partial charge in [0.05, 0.1) is 22.9 Å². The molecule has 2 aliphatic carbocycles. The van der Waals surface area contributed by atoms with Gasteiger partial charge in [-0.3, -0.25) is 4.79 Å². The van der Waals surface area contributed by atoms with Crippen molar-refractivity contribution in [2.24, 2.45) is 0 Å². The molecule has 14 heteroatoms. The monoisotopic (exact) mass is 664 g/mol. The number of aliphatic hydroxyl groups is 1. The summed E-state index contributed by atoms with van der Waals surface area (Å²) in [4.78, 5) is 27.2. The van der Waals surface area contributed by atoms with Crippen LogP contribution in [0.5, 0.6) is 0 Å². The summed E-state index contributed by atoms with van der Waals surface area (Å²) in [5.74, 6) is 0.672. The number of anilines is 2. The number of benzene rings is 2. The molecule has 8 rings (SSSR count). The van der Waals surface area contributed by atoms with E-state index in [-0.39, 0.29) is 40.0 Å². The molecule has 12 nitrogen and oxygen atoms in total. The van der Waals surface area contributed by atoms with Gasteiger partial charge in [0, 0.05) is 0 Å². The van der Waals surface area contributed by atoms with E-state index in [0.29, 0.717) is 63.5 Å². The van der Waals surface area contributed by atoms with Crippen LogP contribution < -0.4 is 28.4 Å². The van der Waals surface area contributed by atoms with E-state index in [4.69, 9.17) is 11.5 Å². The molecule has 6 aromatic rings. The molecule has 0 spiro atoms. The number of fused-ring (bicyclic) bond motifs is 2. The van der Waals surface area contributed by atoms with Crippen molar-refractivity contribution < 1.29 is 26.9 Å². The van der Waals surface area contributed by atoms with E-state index in [0.717, 1.165) is 31.2 Å². The van der Waals surface area contributed by atoms with Crippen molar-refractivity contribution in [3.63, 3.8) is 0 Å². The third-order valence-corrected chi connectivity index (χ3v) is 6.97. The van der Waals surface area contributed by atoms with Crippen LogP contribution in [0.4, 0.5) is 11.6 Å². The third kappa shape index (κ3) is 7.04. The van der Waals surface area contributed by atoms with Gasteiger partial charge in [-0.1, -0.05) is 30.3 Å².